The molecule has 96 valence electrons. The highest BCUT2D eigenvalue weighted by Gasteiger charge is 2.37. The van der Waals surface area contributed by atoms with Crippen LogP contribution in [0.1, 0.15) is 10.6 Å². The van der Waals surface area contributed by atoms with Crippen LogP contribution in [0.4, 0.5) is 13.2 Å². The van der Waals surface area contributed by atoms with Crippen LogP contribution < -0.4 is 5.73 Å². The molecular formula is C11H8BrF3N2S. The van der Waals surface area contributed by atoms with E-state index in [0.717, 1.165) is 15.8 Å². The number of nitrogens with zero attached hydrogens (tertiary/aromatic N) is 1. The Kier molecular flexibility index (Phi) is 3.74. The molecule has 0 radical (unpaired) electrons. The molecule has 0 amide bonds. The maximum absolute atomic E-state index is 12.7. The van der Waals surface area contributed by atoms with Gasteiger partial charge in [-0.2, -0.15) is 13.2 Å². The van der Waals surface area contributed by atoms with Crippen LogP contribution >= 0.6 is 27.3 Å². The fourth-order valence-electron chi connectivity index (χ4n) is 1.46. The standard InChI is InChI=1S/C11H8BrF3N2S/c12-7-3-1-2-6(4-7)10-17-9(11(13,14)15)8(5-16)18-10/h1-4H,5,16H2. The molecule has 0 aliphatic carbocycles. The molecule has 0 aliphatic heterocycles. The molecule has 2 aromatic rings. The molecule has 0 saturated carbocycles. The highest BCUT2D eigenvalue weighted by atomic mass is 79.9. The van der Waals surface area contributed by atoms with E-state index >= 15 is 0 Å². The van der Waals surface area contributed by atoms with Crippen LogP contribution in [0.2, 0.25) is 0 Å². The molecule has 0 aliphatic rings. The Morgan fingerprint density at radius 1 is 1.33 bits per heavy atom. The molecule has 2 rings (SSSR count). The van der Waals surface area contributed by atoms with Crippen LogP contribution in [0.15, 0.2) is 28.7 Å². The van der Waals surface area contributed by atoms with E-state index in [-0.39, 0.29) is 11.4 Å². The summed E-state index contributed by atoms with van der Waals surface area (Å²) in [5, 5.41) is 0.323. The summed E-state index contributed by atoms with van der Waals surface area (Å²) in [6.07, 6.45) is -4.46. The van der Waals surface area contributed by atoms with Crippen LogP contribution in [0, 0.1) is 0 Å². The maximum Gasteiger partial charge on any atom is 0.434 e. The first-order valence-corrected chi connectivity index (χ1v) is 6.55. The summed E-state index contributed by atoms with van der Waals surface area (Å²) >= 11 is 4.24. The van der Waals surface area contributed by atoms with Crippen LogP contribution in [0.25, 0.3) is 10.6 Å². The summed E-state index contributed by atoms with van der Waals surface area (Å²) in [6, 6.07) is 6.98. The Morgan fingerprint density at radius 2 is 2.06 bits per heavy atom. The van der Waals surface area contributed by atoms with Crippen LogP contribution in [0.5, 0.6) is 0 Å². The maximum atomic E-state index is 12.7. The second kappa shape index (κ2) is 4.99. The van der Waals surface area contributed by atoms with Crippen molar-refractivity contribution >= 4 is 27.3 Å². The first kappa shape index (κ1) is 13.5. The third kappa shape index (κ3) is 2.73. The fourth-order valence-corrected chi connectivity index (χ4v) is 2.81. The summed E-state index contributed by atoms with van der Waals surface area (Å²) in [5.41, 5.74) is 5.08. The molecule has 2 N–H and O–H groups in total. The summed E-state index contributed by atoms with van der Waals surface area (Å²) in [7, 11) is 0. The van der Waals surface area contributed by atoms with E-state index < -0.39 is 11.9 Å². The molecule has 1 aromatic heterocycles. The smallest absolute Gasteiger partial charge is 0.326 e. The van der Waals surface area contributed by atoms with Gasteiger partial charge in [-0.1, -0.05) is 28.1 Å². The monoisotopic (exact) mass is 336 g/mol. The molecule has 1 aromatic carbocycles. The van der Waals surface area contributed by atoms with Gasteiger partial charge in [-0.3, -0.25) is 0 Å². The Balaban J connectivity index is 2.51. The highest BCUT2D eigenvalue weighted by molar-refractivity contribution is 9.10. The van der Waals surface area contributed by atoms with E-state index in [1.807, 2.05) is 0 Å². The van der Waals surface area contributed by atoms with Crippen molar-refractivity contribution < 1.29 is 13.2 Å². The first-order chi connectivity index (χ1) is 8.41. The van der Waals surface area contributed by atoms with Crippen molar-refractivity contribution in [3.8, 4) is 10.6 Å². The average molecular weight is 337 g/mol. The van der Waals surface area contributed by atoms with Gasteiger partial charge >= 0.3 is 6.18 Å². The Bertz CT molecular complexity index is 566. The molecule has 1 heterocycles. The number of alkyl halides is 3. The molecule has 0 saturated heterocycles. The highest BCUT2D eigenvalue weighted by Crippen LogP contribution is 2.37. The van der Waals surface area contributed by atoms with Crippen LogP contribution in [-0.2, 0) is 12.7 Å². The molecule has 2 nitrogen and oxygen atoms in total. The largest absolute Gasteiger partial charge is 0.434 e. The van der Waals surface area contributed by atoms with Gasteiger partial charge in [0.1, 0.15) is 5.01 Å². The number of hydrogen-bond donors (Lipinski definition) is 1. The molecular weight excluding hydrogens is 329 g/mol. The fraction of sp³-hybridized carbons (Fsp3) is 0.182. The van der Waals surface area contributed by atoms with Crippen molar-refractivity contribution in [2.24, 2.45) is 5.73 Å². The van der Waals surface area contributed by atoms with E-state index in [0.29, 0.717) is 10.6 Å². The van der Waals surface area contributed by atoms with Crippen molar-refractivity contribution in [3.63, 3.8) is 0 Å². The van der Waals surface area contributed by atoms with E-state index in [1.165, 1.54) is 0 Å². The van der Waals surface area contributed by atoms with Crippen molar-refractivity contribution in [1.82, 2.24) is 4.98 Å². The third-order valence-corrected chi connectivity index (χ3v) is 3.84. The van der Waals surface area contributed by atoms with Gasteiger partial charge < -0.3 is 5.73 Å². The SMILES string of the molecule is NCc1sc(-c2cccc(Br)c2)nc1C(F)(F)F. The molecule has 0 atom stereocenters. The number of thiazole rings is 1. The number of rotatable bonds is 2. The van der Waals surface area contributed by atoms with Gasteiger partial charge in [0.05, 0.1) is 4.88 Å². The van der Waals surface area contributed by atoms with Crippen molar-refractivity contribution in [2.75, 3.05) is 0 Å². The molecule has 0 fully saturated rings. The van der Waals surface area contributed by atoms with E-state index in [2.05, 4.69) is 20.9 Å². The van der Waals surface area contributed by atoms with E-state index in [4.69, 9.17) is 5.73 Å². The lowest BCUT2D eigenvalue weighted by molar-refractivity contribution is -0.141. The summed E-state index contributed by atoms with van der Waals surface area (Å²) in [4.78, 5) is 3.71. The molecule has 0 spiro atoms. The van der Waals surface area contributed by atoms with E-state index in [1.54, 1.807) is 24.3 Å². The molecule has 7 heteroatoms. The minimum absolute atomic E-state index is 0.0532. The Morgan fingerprint density at radius 3 is 2.56 bits per heavy atom. The second-order valence-electron chi connectivity index (χ2n) is 3.50. The van der Waals surface area contributed by atoms with Gasteiger partial charge in [-0.15, -0.1) is 11.3 Å². The summed E-state index contributed by atoms with van der Waals surface area (Å²) in [5.74, 6) is 0. The number of nitrogens with two attached hydrogens (primary N) is 1. The molecule has 0 bridgehead atoms. The van der Waals surface area contributed by atoms with E-state index in [9.17, 15) is 13.2 Å². The van der Waals surface area contributed by atoms with Gasteiger partial charge in [0.2, 0.25) is 0 Å². The van der Waals surface area contributed by atoms with Gasteiger partial charge in [-0.05, 0) is 12.1 Å². The number of aromatic nitrogens is 1. The second-order valence-corrected chi connectivity index (χ2v) is 5.50. The Hall–Kier alpha value is -0.920. The van der Waals surface area contributed by atoms with Crippen LogP contribution in [-0.4, -0.2) is 4.98 Å². The van der Waals surface area contributed by atoms with Crippen LogP contribution in [0.3, 0.4) is 0 Å². The first-order valence-electron chi connectivity index (χ1n) is 4.94. The predicted molar refractivity (Wildman–Crippen MR) is 68.1 cm³/mol. The zero-order valence-corrected chi connectivity index (χ0v) is 11.4. The molecule has 0 unspecified atom stereocenters. The normalized spacial score (nSPS) is 11.8. The summed E-state index contributed by atoms with van der Waals surface area (Å²) < 4.78 is 39.0. The number of benzene rings is 1. The third-order valence-electron chi connectivity index (χ3n) is 2.22. The quantitative estimate of drug-likeness (QED) is 0.898. The molecule has 18 heavy (non-hydrogen) atoms. The zero-order chi connectivity index (χ0) is 13.3. The number of halogens is 4. The van der Waals surface area contributed by atoms with Gasteiger partial charge in [-0.25, -0.2) is 4.98 Å². The van der Waals surface area contributed by atoms with Gasteiger partial charge in [0.15, 0.2) is 5.69 Å². The predicted octanol–water partition coefficient (Wildman–Crippen LogP) is 4.05. The lowest BCUT2D eigenvalue weighted by Gasteiger charge is -2.03. The summed E-state index contributed by atoms with van der Waals surface area (Å²) in [6.45, 7) is -0.166. The number of hydrogen-bond acceptors (Lipinski definition) is 3. The van der Waals surface area contributed by atoms with Crippen molar-refractivity contribution in [2.45, 2.75) is 12.7 Å². The average Bonchev–Trinajstić information content (AvgIpc) is 2.72. The van der Waals surface area contributed by atoms with Gasteiger partial charge in [0, 0.05) is 16.6 Å². The minimum atomic E-state index is -4.46. The lowest BCUT2D eigenvalue weighted by atomic mass is 10.2. The lowest BCUT2D eigenvalue weighted by Crippen LogP contribution is -2.10. The van der Waals surface area contributed by atoms with Crippen molar-refractivity contribution in [3.05, 3.63) is 39.3 Å². The zero-order valence-electron chi connectivity index (χ0n) is 8.96. The topological polar surface area (TPSA) is 38.9 Å². The Labute approximate surface area is 114 Å². The van der Waals surface area contributed by atoms with Crippen molar-refractivity contribution in [1.29, 1.82) is 0 Å². The van der Waals surface area contributed by atoms with Gasteiger partial charge in [0.25, 0.3) is 0 Å². The minimum Gasteiger partial charge on any atom is -0.326 e.